The van der Waals surface area contributed by atoms with Gasteiger partial charge in [0.05, 0.1) is 0 Å². The zero-order chi connectivity index (χ0) is 17.3. The van der Waals surface area contributed by atoms with Crippen LogP contribution in [0, 0.1) is 0 Å². The van der Waals surface area contributed by atoms with Gasteiger partial charge in [0.1, 0.15) is 11.5 Å². The smallest absolute Gasteiger partial charge is 1.00 e. The fourth-order valence-corrected chi connectivity index (χ4v) is 3.67. The van der Waals surface area contributed by atoms with Gasteiger partial charge in [-0.25, -0.2) is 4.57 Å². The van der Waals surface area contributed by atoms with Gasteiger partial charge in [0.15, 0.2) is 0 Å². The van der Waals surface area contributed by atoms with Crippen LogP contribution in [0.2, 0.25) is 0 Å². The Morgan fingerprint density at radius 3 is 1.44 bits per heavy atom. The molecule has 4 aromatic carbocycles. The van der Waals surface area contributed by atoms with Crippen LogP contribution in [-0.4, -0.2) is 4.89 Å². The quantitative estimate of drug-likeness (QED) is 0.382. The summed E-state index contributed by atoms with van der Waals surface area (Å²) in [6, 6.07) is 25.7. The van der Waals surface area contributed by atoms with Crippen molar-refractivity contribution < 1.29 is 80.5 Å². The van der Waals surface area contributed by atoms with E-state index in [2.05, 4.69) is 0 Å². The van der Waals surface area contributed by atoms with E-state index in [1.165, 1.54) is 0 Å². The molecular formula is C20H17Na2O4P. The van der Waals surface area contributed by atoms with Crippen molar-refractivity contribution >= 4 is 29.4 Å². The van der Waals surface area contributed by atoms with Crippen molar-refractivity contribution in [3.63, 3.8) is 0 Å². The van der Waals surface area contributed by atoms with Crippen LogP contribution in [0.15, 0.2) is 84.9 Å². The van der Waals surface area contributed by atoms with Gasteiger partial charge in [0.2, 0.25) is 0 Å². The van der Waals surface area contributed by atoms with Crippen molar-refractivity contribution in [2.75, 3.05) is 0 Å². The Balaban J connectivity index is 0.00000196. The van der Waals surface area contributed by atoms with Crippen molar-refractivity contribution in [3.8, 4) is 11.5 Å². The average Bonchev–Trinajstić information content (AvgIpc) is 2.62. The molecule has 27 heavy (non-hydrogen) atoms. The number of phosphoric ester groups is 1. The molecular weight excluding hydrogens is 381 g/mol. The fraction of sp³-hybridized carbons (Fsp3) is 0. The first kappa shape index (κ1) is 22.5. The van der Waals surface area contributed by atoms with Gasteiger partial charge in [-0.3, -0.25) is 4.89 Å². The Morgan fingerprint density at radius 2 is 1.00 bits per heavy atom. The molecule has 4 rings (SSSR count). The van der Waals surface area contributed by atoms with Crippen molar-refractivity contribution in [1.82, 2.24) is 0 Å². The molecule has 0 saturated carbocycles. The zero-order valence-electron chi connectivity index (χ0n) is 17.2. The Kier molecular flexibility index (Phi) is 7.99. The minimum atomic E-state index is -4.35. The van der Waals surface area contributed by atoms with E-state index in [9.17, 15) is 9.46 Å². The van der Waals surface area contributed by atoms with Gasteiger partial charge >= 0.3 is 66.9 Å². The topological polar surface area (TPSA) is 55.8 Å². The van der Waals surface area contributed by atoms with Crippen molar-refractivity contribution in [1.29, 1.82) is 0 Å². The SMILES string of the molecule is O=P(O)(Oc1cccc2ccccc12)Oc1cccc2ccccc12.[H-].[H-].[Na+].[Na+]. The monoisotopic (exact) mass is 398 g/mol. The normalized spacial score (nSPS) is 10.7. The molecule has 0 spiro atoms. The molecule has 0 aliphatic rings. The molecule has 0 saturated heterocycles. The molecule has 0 bridgehead atoms. The molecule has 1 N–H and O–H groups in total. The Bertz CT molecular complexity index is 1030. The number of hydrogen-bond donors (Lipinski definition) is 1. The third-order valence-electron chi connectivity index (χ3n) is 3.93. The zero-order valence-corrected chi connectivity index (χ0v) is 20.1. The van der Waals surface area contributed by atoms with Gasteiger partial charge in [0, 0.05) is 10.8 Å². The molecule has 0 atom stereocenters. The molecule has 0 aliphatic carbocycles. The maximum atomic E-state index is 12.6. The van der Waals surface area contributed by atoms with Gasteiger partial charge in [-0.2, -0.15) is 0 Å². The van der Waals surface area contributed by atoms with Crippen LogP contribution in [0.5, 0.6) is 11.5 Å². The summed E-state index contributed by atoms with van der Waals surface area (Å²) in [5, 5.41) is 3.34. The predicted molar refractivity (Wildman–Crippen MR) is 101 cm³/mol. The van der Waals surface area contributed by atoms with Gasteiger partial charge in [-0.1, -0.05) is 72.8 Å². The van der Waals surface area contributed by atoms with E-state index in [4.69, 9.17) is 9.05 Å². The maximum Gasteiger partial charge on any atom is 1.00 e. The molecule has 4 aromatic rings. The number of rotatable bonds is 4. The fourth-order valence-electron chi connectivity index (χ4n) is 2.82. The van der Waals surface area contributed by atoms with Gasteiger partial charge in [-0.05, 0) is 22.9 Å². The van der Waals surface area contributed by atoms with Crippen LogP contribution in [0.3, 0.4) is 0 Å². The molecule has 0 aromatic heterocycles. The number of hydrogen-bond acceptors (Lipinski definition) is 3. The summed E-state index contributed by atoms with van der Waals surface area (Å²) in [5.41, 5.74) is 0. The van der Waals surface area contributed by atoms with Crippen LogP contribution in [0.1, 0.15) is 2.85 Å². The van der Waals surface area contributed by atoms with Crippen LogP contribution in [0.4, 0.5) is 0 Å². The first-order chi connectivity index (χ1) is 12.1. The van der Waals surface area contributed by atoms with Gasteiger partial charge < -0.3 is 11.9 Å². The maximum absolute atomic E-state index is 12.6. The molecule has 0 unspecified atom stereocenters. The molecule has 0 radical (unpaired) electrons. The molecule has 0 fully saturated rings. The van der Waals surface area contributed by atoms with Crippen molar-refractivity contribution in [2.45, 2.75) is 0 Å². The van der Waals surface area contributed by atoms with E-state index < -0.39 is 7.82 Å². The van der Waals surface area contributed by atoms with E-state index in [0.29, 0.717) is 11.5 Å². The first-order valence-electron chi connectivity index (χ1n) is 7.80. The van der Waals surface area contributed by atoms with Gasteiger partial charge in [-0.15, -0.1) is 0 Å². The third kappa shape index (κ3) is 5.17. The van der Waals surface area contributed by atoms with Gasteiger partial charge in [0.25, 0.3) is 0 Å². The molecule has 7 heteroatoms. The summed E-state index contributed by atoms with van der Waals surface area (Å²) in [6.45, 7) is 0. The van der Waals surface area contributed by atoms with E-state index in [1.807, 2.05) is 60.7 Å². The Hall–Kier alpha value is -0.810. The summed E-state index contributed by atoms with van der Waals surface area (Å²) >= 11 is 0. The molecule has 0 heterocycles. The van der Waals surface area contributed by atoms with Crippen LogP contribution in [-0.2, 0) is 4.57 Å². The number of phosphoric acid groups is 1. The summed E-state index contributed by atoms with van der Waals surface area (Å²) < 4.78 is 23.3. The van der Waals surface area contributed by atoms with E-state index in [0.717, 1.165) is 21.5 Å². The largest absolute Gasteiger partial charge is 1.00 e. The van der Waals surface area contributed by atoms with E-state index in [1.54, 1.807) is 24.3 Å². The minimum absolute atomic E-state index is 0. The Morgan fingerprint density at radius 1 is 0.630 bits per heavy atom. The summed E-state index contributed by atoms with van der Waals surface area (Å²) in [4.78, 5) is 10.3. The summed E-state index contributed by atoms with van der Waals surface area (Å²) in [6.07, 6.45) is 0. The van der Waals surface area contributed by atoms with Crippen molar-refractivity contribution in [2.24, 2.45) is 0 Å². The standard InChI is InChI=1S/C20H15O4P.2Na.2H/c21-25(22,23-19-13-5-9-15-7-1-3-11-17(15)19)24-20-14-6-10-16-8-2-4-12-18(16)20;;;;/h1-14H,(H,21,22);;;;/q;2*+1;2*-1. The third-order valence-corrected chi connectivity index (χ3v) is 4.78. The predicted octanol–water partition coefficient (Wildman–Crippen LogP) is -0.216. The molecule has 128 valence electrons. The molecule has 4 nitrogen and oxygen atoms in total. The first-order valence-corrected chi connectivity index (χ1v) is 9.29. The second-order valence-corrected chi connectivity index (χ2v) is 6.91. The summed E-state index contributed by atoms with van der Waals surface area (Å²) in [5.74, 6) is 0.619. The van der Waals surface area contributed by atoms with Crippen LogP contribution in [0.25, 0.3) is 21.5 Å². The summed E-state index contributed by atoms with van der Waals surface area (Å²) in [7, 11) is -4.35. The molecule has 0 amide bonds. The Labute approximate surface area is 204 Å². The molecule has 0 aliphatic heterocycles. The van der Waals surface area contributed by atoms with E-state index in [-0.39, 0.29) is 62.0 Å². The van der Waals surface area contributed by atoms with E-state index >= 15 is 0 Å². The van der Waals surface area contributed by atoms with Crippen LogP contribution >= 0.6 is 7.82 Å². The van der Waals surface area contributed by atoms with Crippen molar-refractivity contribution in [3.05, 3.63) is 84.9 Å². The second kappa shape index (κ2) is 9.60. The minimum Gasteiger partial charge on any atom is -1.00 e. The number of benzene rings is 4. The second-order valence-electron chi connectivity index (χ2n) is 5.61. The van der Waals surface area contributed by atoms with Crippen LogP contribution < -0.4 is 68.2 Å². The average molecular weight is 398 g/mol. The number of fused-ring (bicyclic) bond motifs is 2.